The van der Waals surface area contributed by atoms with Crippen LogP contribution in [-0.4, -0.2) is 45.0 Å². The van der Waals surface area contributed by atoms with Crippen molar-refractivity contribution in [1.82, 2.24) is 25.3 Å². The summed E-state index contributed by atoms with van der Waals surface area (Å²) in [4.78, 5) is 31.3. The van der Waals surface area contributed by atoms with Crippen LogP contribution >= 0.6 is 11.3 Å². The summed E-state index contributed by atoms with van der Waals surface area (Å²) in [6.07, 6.45) is 7.97. The van der Waals surface area contributed by atoms with Gasteiger partial charge in [-0.2, -0.15) is 0 Å². The number of rotatable bonds is 3. The molecule has 0 spiro atoms. The molecule has 3 aromatic rings. The molecular weight excluding hydrogens is 336 g/mol. The van der Waals surface area contributed by atoms with Gasteiger partial charge in [0.1, 0.15) is 17.8 Å². The minimum absolute atomic E-state index is 0.146. The Balaban J connectivity index is 1.42. The van der Waals surface area contributed by atoms with Crippen molar-refractivity contribution in [1.29, 1.82) is 0 Å². The van der Waals surface area contributed by atoms with E-state index in [1.807, 2.05) is 0 Å². The van der Waals surface area contributed by atoms with Crippen LogP contribution in [0.2, 0.25) is 0 Å². The fourth-order valence-electron chi connectivity index (χ4n) is 3.09. The van der Waals surface area contributed by atoms with Gasteiger partial charge in [0.2, 0.25) is 0 Å². The number of thiophene rings is 1. The lowest BCUT2D eigenvalue weighted by molar-refractivity contribution is 0.0925. The first kappa shape index (κ1) is 15.9. The van der Waals surface area contributed by atoms with Gasteiger partial charge < -0.3 is 10.2 Å². The second-order valence-electron chi connectivity index (χ2n) is 6.12. The van der Waals surface area contributed by atoms with Crippen LogP contribution in [-0.2, 0) is 0 Å². The number of hydrogen-bond donors (Lipinski definition) is 1. The van der Waals surface area contributed by atoms with Crippen molar-refractivity contribution >= 4 is 33.3 Å². The van der Waals surface area contributed by atoms with Gasteiger partial charge in [-0.25, -0.2) is 15.0 Å². The van der Waals surface area contributed by atoms with Crippen molar-refractivity contribution in [3.63, 3.8) is 0 Å². The molecular formula is C17H18N6OS. The summed E-state index contributed by atoms with van der Waals surface area (Å²) in [6.45, 7) is 3.78. The lowest BCUT2D eigenvalue weighted by atomic mass is 10.0. The third kappa shape index (κ3) is 3.17. The van der Waals surface area contributed by atoms with Gasteiger partial charge in [-0.15, -0.1) is 11.3 Å². The number of aromatic nitrogens is 4. The molecule has 25 heavy (non-hydrogen) atoms. The Morgan fingerprint density at radius 1 is 1.24 bits per heavy atom. The summed E-state index contributed by atoms with van der Waals surface area (Å²) < 4.78 is 1.14. The Morgan fingerprint density at radius 2 is 2.08 bits per heavy atom. The predicted octanol–water partition coefficient (Wildman–Crippen LogP) is 2.19. The van der Waals surface area contributed by atoms with Crippen LogP contribution in [0, 0.1) is 6.92 Å². The third-order valence-electron chi connectivity index (χ3n) is 4.44. The number of carbonyl (C=O) groups is 1. The number of nitrogens with one attached hydrogen (secondary N) is 1. The molecule has 1 aliphatic rings. The predicted molar refractivity (Wildman–Crippen MR) is 96.9 cm³/mol. The van der Waals surface area contributed by atoms with Crippen molar-refractivity contribution in [2.75, 3.05) is 18.0 Å². The quantitative estimate of drug-likeness (QED) is 0.776. The standard InChI is InChI=1S/C17H18N6OS/c1-11-9-25-15-14(11)20-10-21-16(15)23-6-2-12(3-7-23)22-17(24)13-8-18-4-5-19-13/h4-5,8-10,12H,2-3,6-7H2,1H3,(H,22,24). The van der Waals surface area contributed by atoms with Gasteiger partial charge in [0.25, 0.3) is 5.91 Å². The van der Waals surface area contributed by atoms with E-state index in [9.17, 15) is 4.79 Å². The fraction of sp³-hybridized carbons (Fsp3) is 0.353. The summed E-state index contributed by atoms with van der Waals surface area (Å²) >= 11 is 1.69. The van der Waals surface area contributed by atoms with E-state index >= 15 is 0 Å². The van der Waals surface area contributed by atoms with E-state index in [1.54, 1.807) is 23.9 Å². The Kier molecular flexibility index (Phi) is 4.27. The van der Waals surface area contributed by atoms with Gasteiger partial charge in [0, 0.05) is 31.5 Å². The first-order valence-electron chi connectivity index (χ1n) is 8.23. The molecule has 1 fully saturated rings. The molecule has 1 amide bonds. The zero-order valence-corrected chi connectivity index (χ0v) is 14.7. The molecule has 4 heterocycles. The normalized spacial score (nSPS) is 15.5. The van der Waals surface area contributed by atoms with Crippen LogP contribution in [0.15, 0.2) is 30.3 Å². The van der Waals surface area contributed by atoms with Gasteiger partial charge >= 0.3 is 0 Å². The number of amides is 1. The van der Waals surface area contributed by atoms with Gasteiger partial charge in [-0.3, -0.25) is 9.78 Å². The minimum atomic E-state index is -0.162. The minimum Gasteiger partial charge on any atom is -0.355 e. The Bertz CT molecular complexity index is 889. The molecule has 0 radical (unpaired) electrons. The van der Waals surface area contributed by atoms with Crippen LogP contribution in [0.5, 0.6) is 0 Å². The second kappa shape index (κ2) is 6.72. The molecule has 0 atom stereocenters. The molecule has 0 saturated carbocycles. The van der Waals surface area contributed by atoms with Crippen LogP contribution in [0.3, 0.4) is 0 Å². The molecule has 1 aliphatic heterocycles. The van der Waals surface area contributed by atoms with Gasteiger partial charge in [0.15, 0.2) is 0 Å². The maximum absolute atomic E-state index is 12.2. The van der Waals surface area contributed by atoms with E-state index in [2.05, 4.69) is 42.5 Å². The molecule has 7 nitrogen and oxygen atoms in total. The molecule has 0 aromatic carbocycles. The van der Waals surface area contributed by atoms with Gasteiger partial charge in [-0.1, -0.05) is 0 Å². The molecule has 4 rings (SSSR count). The average Bonchev–Trinajstić information content (AvgIpc) is 3.04. The highest BCUT2D eigenvalue weighted by Crippen LogP contribution is 2.32. The monoisotopic (exact) mass is 354 g/mol. The second-order valence-corrected chi connectivity index (χ2v) is 7.00. The number of nitrogens with zero attached hydrogens (tertiary/aromatic N) is 5. The van der Waals surface area contributed by atoms with E-state index in [4.69, 9.17) is 0 Å². The van der Waals surface area contributed by atoms with E-state index in [0.717, 1.165) is 42.0 Å². The lowest BCUT2D eigenvalue weighted by Gasteiger charge is -2.33. The number of piperidine rings is 1. The molecule has 8 heteroatoms. The summed E-state index contributed by atoms with van der Waals surface area (Å²) in [7, 11) is 0. The Labute approximate surface area is 149 Å². The van der Waals surface area contributed by atoms with Crippen molar-refractivity contribution in [3.05, 3.63) is 41.6 Å². The van der Waals surface area contributed by atoms with Crippen molar-refractivity contribution < 1.29 is 4.79 Å². The van der Waals surface area contributed by atoms with E-state index in [0.29, 0.717) is 5.69 Å². The first-order valence-corrected chi connectivity index (χ1v) is 9.11. The Morgan fingerprint density at radius 3 is 2.84 bits per heavy atom. The number of aryl methyl sites for hydroxylation is 1. The molecule has 128 valence electrons. The van der Waals surface area contributed by atoms with Crippen molar-refractivity contribution in [2.45, 2.75) is 25.8 Å². The van der Waals surface area contributed by atoms with Crippen LogP contribution < -0.4 is 10.2 Å². The third-order valence-corrected chi connectivity index (χ3v) is 5.52. The smallest absolute Gasteiger partial charge is 0.271 e. The van der Waals surface area contributed by atoms with Crippen LogP contribution in [0.25, 0.3) is 10.2 Å². The number of carbonyl (C=O) groups excluding carboxylic acids is 1. The molecule has 3 aromatic heterocycles. The summed E-state index contributed by atoms with van der Waals surface area (Å²) in [6, 6.07) is 0.146. The molecule has 0 aliphatic carbocycles. The lowest BCUT2D eigenvalue weighted by Crippen LogP contribution is -2.45. The molecule has 1 N–H and O–H groups in total. The van der Waals surface area contributed by atoms with Crippen LogP contribution in [0.1, 0.15) is 28.9 Å². The van der Waals surface area contributed by atoms with E-state index in [1.165, 1.54) is 18.0 Å². The SMILES string of the molecule is Cc1csc2c(N3CCC(NC(=O)c4cnccn4)CC3)ncnc12. The highest BCUT2D eigenvalue weighted by Gasteiger charge is 2.24. The number of fused-ring (bicyclic) bond motifs is 1. The molecule has 1 saturated heterocycles. The molecule has 0 bridgehead atoms. The van der Waals surface area contributed by atoms with Crippen LogP contribution in [0.4, 0.5) is 5.82 Å². The Hall–Kier alpha value is -2.61. The zero-order chi connectivity index (χ0) is 17.2. The highest BCUT2D eigenvalue weighted by atomic mass is 32.1. The molecule has 0 unspecified atom stereocenters. The summed E-state index contributed by atoms with van der Waals surface area (Å²) in [5, 5.41) is 5.17. The van der Waals surface area contributed by atoms with Crippen molar-refractivity contribution in [3.8, 4) is 0 Å². The van der Waals surface area contributed by atoms with Crippen molar-refractivity contribution in [2.24, 2.45) is 0 Å². The average molecular weight is 354 g/mol. The van der Waals surface area contributed by atoms with Gasteiger partial charge in [-0.05, 0) is 30.7 Å². The zero-order valence-electron chi connectivity index (χ0n) is 13.8. The first-order chi connectivity index (χ1) is 12.2. The summed E-state index contributed by atoms with van der Waals surface area (Å²) in [5.41, 5.74) is 2.58. The van der Waals surface area contributed by atoms with E-state index < -0.39 is 0 Å². The number of anilines is 1. The van der Waals surface area contributed by atoms with Gasteiger partial charge in [0.05, 0.1) is 16.4 Å². The largest absolute Gasteiger partial charge is 0.355 e. The maximum atomic E-state index is 12.2. The summed E-state index contributed by atoms with van der Waals surface area (Å²) in [5.74, 6) is 0.840. The topological polar surface area (TPSA) is 83.9 Å². The number of hydrogen-bond acceptors (Lipinski definition) is 7. The fourth-order valence-corrected chi connectivity index (χ4v) is 4.11. The highest BCUT2D eigenvalue weighted by molar-refractivity contribution is 7.18. The van der Waals surface area contributed by atoms with E-state index in [-0.39, 0.29) is 11.9 Å². The maximum Gasteiger partial charge on any atom is 0.271 e.